The summed E-state index contributed by atoms with van der Waals surface area (Å²) in [5, 5.41) is 10.6. The summed E-state index contributed by atoms with van der Waals surface area (Å²) < 4.78 is 0. The van der Waals surface area contributed by atoms with E-state index in [1.807, 2.05) is 0 Å². The Morgan fingerprint density at radius 2 is 2.08 bits per heavy atom. The van der Waals surface area contributed by atoms with Gasteiger partial charge in [0.1, 0.15) is 0 Å². The van der Waals surface area contributed by atoms with E-state index < -0.39 is 5.97 Å². The Morgan fingerprint density at radius 3 is 2.67 bits per heavy atom. The molecular weight excluding hydrogens is 176 g/mol. The Morgan fingerprint density at radius 1 is 1.42 bits per heavy atom. The first-order valence-corrected chi connectivity index (χ1v) is 3.71. The van der Waals surface area contributed by atoms with Crippen LogP contribution in [0.15, 0.2) is 30.3 Å². The van der Waals surface area contributed by atoms with Crippen LogP contribution >= 0.6 is 11.6 Å². The standard InChI is InChI=1S/C9H7ClO2/c10-8-4-2-1-3-7(8)5-6-9(11)12/h1-6H,(H,11,12)/p-1/b6-5+. The van der Waals surface area contributed by atoms with E-state index in [2.05, 4.69) is 0 Å². The molecular formula is C9H6ClO2-. The van der Waals surface area contributed by atoms with Crippen LogP contribution < -0.4 is 5.11 Å². The maximum absolute atomic E-state index is 10.0. The van der Waals surface area contributed by atoms with Crippen molar-refractivity contribution >= 4 is 23.6 Å². The van der Waals surface area contributed by atoms with Gasteiger partial charge in [0.15, 0.2) is 0 Å². The summed E-state index contributed by atoms with van der Waals surface area (Å²) in [6.45, 7) is 0. The van der Waals surface area contributed by atoms with E-state index in [1.54, 1.807) is 24.3 Å². The van der Waals surface area contributed by atoms with Crippen LogP contribution in [0.25, 0.3) is 6.08 Å². The number of hydrogen-bond donors (Lipinski definition) is 0. The molecule has 0 bridgehead atoms. The molecule has 0 radical (unpaired) electrons. The maximum Gasteiger partial charge on any atom is 0.0643 e. The zero-order chi connectivity index (χ0) is 8.97. The number of carbonyl (C=O) groups excluding carboxylic acids is 1. The van der Waals surface area contributed by atoms with Crippen molar-refractivity contribution in [2.75, 3.05) is 0 Å². The SMILES string of the molecule is O=C([O-])/C=C/c1ccccc1Cl. The molecule has 12 heavy (non-hydrogen) atoms. The number of carboxylic acids is 1. The number of carbonyl (C=O) groups is 1. The van der Waals surface area contributed by atoms with E-state index in [0.29, 0.717) is 10.6 Å². The maximum atomic E-state index is 10.0. The smallest absolute Gasteiger partial charge is 0.0643 e. The lowest BCUT2D eigenvalue weighted by Gasteiger charge is -1.96. The zero-order valence-corrected chi connectivity index (χ0v) is 6.91. The van der Waals surface area contributed by atoms with Gasteiger partial charge in [-0.1, -0.05) is 35.9 Å². The summed E-state index contributed by atoms with van der Waals surface area (Å²) in [5.41, 5.74) is 0.670. The highest BCUT2D eigenvalue weighted by molar-refractivity contribution is 6.32. The lowest BCUT2D eigenvalue weighted by atomic mass is 10.2. The normalized spacial score (nSPS) is 10.4. The molecule has 1 aromatic rings. The van der Waals surface area contributed by atoms with Crippen LogP contribution in [0.2, 0.25) is 5.02 Å². The van der Waals surface area contributed by atoms with Crippen LogP contribution in [0.3, 0.4) is 0 Å². The summed E-state index contributed by atoms with van der Waals surface area (Å²) in [6, 6.07) is 6.97. The van der Waals surface area contributed by atoms with Crippen LogP contribution in [0.5, 0.6) is 0 Å². The van der Waals surface area contributed by atoms with Gasteiger partial charge in [-0.05, 0) is 17.7 Å². The quantitative estimate of drug-likeness (QED) is 0.642. The number of benzene rings is 1. The molecule has 0 amide bonds. The zero-order valence-electron chi connectivity index (χ0n) is 6.16. The summed E-state index contributed by atoms with van der Waals surface area (Å²) in [7, 11) is 0. The molecule has 0 aromatic heterocycles. The van der Waals surface area contributed by atoms with E-state index in [9.17, 15) is 9.90 Å². The molecule has 1 aromatic carbocycles. The molecule has 0 aliphatic carbocycles. The van der Waals surface area contributed by atoms with Crippen molar-refractivity contribution in [3.63, 3.8) is 0 Å². The van der Waals surface area contributed by atoms with Gasteiger partial charge < -0.3 is 9.90 Å². The summed E-state index contributed by atoms with van der Waals surface area (Å²) in [5.74, 6) is -1.23. The molecule has 0 unspecified atom stereocenters. The summed E-state index contributed by atoms with van der Waals surface area (Å²) >= 11 is 5.74. The fourth-order valence-corrected chi connectivity index (χ4v) is 0.967. The lowest BCUT2D eigenvalue weighted by molar-refractivity contribution is -0.297. The van der Waals surface area contributed by atoms with Crippen LogP contribution in [0.4, 0.5) is 0 Å². The molecule has 62 valence electrons. The Bertz CT molecular complexity index is 318. The average Bonchev–Trinajstić information content (AvgIpc) is 2.03. The van der Waals surface area contributed by atoms with E-state index in [4.69, 9.17) is 11.6 Å². The molecule has 2 nitrogen and oxygen atoms in total. The Hall–Kier alpha value is -1.28. The second-order valence-corrected chi connectivity index (χ2v) is 2.58. The van der Waals surface area contributed by atoms with E-state index in [1.165, 1.54) is 6.08 Å². The van der Waals surface area contributed by atoms with Crippen LogP contribution in [-0.2, 0) is 4.79 Å². The molecule has 3 heteroatoms. The molecule has 0 aliphatic rings. The molecule has 1 rings (SSSR count). The van der Waals surface area contributed by atoms with Crippen molar-refractivity contribution in [1.29, 1.82) is 0 Å². The predicted molar refractivity (Wildman–Crippen MR) is 45.5 cm³/mol. The highest BCUT2D eigenvalue weighted by Crippen LogP contribution is 2.15. The summed E-state index contributed by atoms with van der Waals surface area (Å²) in [4.78, 5) is 10.0. The molecule has 0 spiro atoms. The number of carboxylic acid groups (broad SMARTS) is 1. The number of halogens is 1. The molecule has 0 N–H and O–H groups in total. The van der Waals surface area contributed by atoms with Crippen molar-refractivity contribution in [3.05, 3.63) is 40.9 Å². The third-order valence-electron chi connectivity index (χ3n) is 1.30. The second-order valence-electron chi connectivity index (χ2n) is 2.17. The minimum absolute atomic E-state index is 0.523. The molecule has 0 saturated heterocycles. The Kier molecular flexibility index (Phi) is 2.88. The van der Waals surface area contributed by atoms with Gasteiger partial charge in [0.2, 0.25) is 0 Å². The van der Waals surface area contributed by atoms with Crippen LogP contribution in [0, 0.1) is 0 Å². The fourth-order valence-electron chi connectivity index (χ4n) is 0.768. The largest absolute Gasteiger partial charge is 0.545 e. The van der Waals surface area contributed by atoms with Crippen molar-refractivity contribution in [1.82, 2.24) is 0 Å². The fraction of sp³-hybridized carbons (Fsp3) is 0. The van der Waals surface area contributed by atoms with Gasteiger partial charge in [0, 0.05) is 5.02 Å². The van der Waals surface area contributed by atoms with Gasteiger partial charge in [0.05, 0.1) is 5.97 Å². The first-order chi connectivity index (χ1) is 5.70. The van der Waals surface area contributed by atoms with Crippen LogP contribution in [-0.4, -0.2) is 5.97 Å². The minimum atomic E-state index is -1.23. The number of hydrogen-bond acceptors (Lipinski definition) is 2. The first-order valence-electron chi connectivity index (χ1n) is 3.34. The van der Waals surface area contributed by atoms with E-state index in [-0.39, 0.29) is 0 Å². The highest BCUT2D eigenvalue weighted by atomic mass is 35.5. The third kappa shape index (κ3) is 2.40. The van der Waals surface area contributed by atoms with Gasteiger partial charge in [-0.25, -0.2) is 0 Å². The third-order valence-corrected chi connectivity index (χ3v) is 1.65. The lowest BCUT2D eigenvalue weighted by Crippen LogP contribution is -2.18. The summed E-state index contributed by atoms with van der Waals surface area (Å²) in [6.07, 6.45) is 2.35. The van der Waals surface area contributed by atoms with Gasteiger partial charge in [-0.3, -0.25) is 0 Å². The molecule has 0 saturated carbocycles. The van der Waals surface area contributed by atoms with Gasteiger partial charge >= 0.3 is 0 Å². The Balaban J connectivity index is 2.89. The number of rotatable bonds is 2. The van der Waals surface area contributed by atoms with Crippen molar-refractivity contribution in [2.45, 2.75) is 0 Å². The van der Waals surface area contributed by atoms with Crippen molar-refractivity contribution < 1.29 is 9.90 Å². The molecule has 0 heterocycles. The molecule has 0 fully saturated rings. The highest BCUT2D eigenvalue weighted by Gasteiger charge is 1.91. The monoisotopic (exact) mass is 181 g/mol. The number of aliphatic carboxylic acids is 1. The first kappa shape index (κ1) is 8.81. The van der Waals surface area contributed by atoms with E-state index >= 15 is 0 Å². The van der Waals surface area contributed by atoms with Gasteiger partial charge in [0.25, 0.3) is 0 Å². The molecule has 0 aliphatic heterocycles. The van der Waals surface area contributed by atoms with Gasteiger partial charge in [-0.15, -0.1) is 0 Å². The van der Waals surface area contributed by atoms with E-state index in [0.717, 1.165) is 6.08 Å². The topological polar surface area (TPSA) is 40.1 Å². The predicted octanol–water partition coefficient (Wildman–Crippen LogP) is 1.10. The molecule has 0 atom stereocenters. The van der Waals surface area contributed by atoms with Crippen molar-refractivity contribution in [3.8, 4) is 0 Å². The minimum Gasteiger partial charge on any atom is -0.545 e. The Labute approximate surface area is 75.1 Å². The second kappa shape index (κ2) is 3.93. The average molecular weight is 182 g/mol. The van der Waals surface area contributed by atoms with Gasteiger partial charge in [-0.2, -0.15) is 0 Å². The van der Waals surface area contributed by atoms with Crippen molar-refractivity contribution in [2.24, 2.45) is 0 Å². The van der Waals surface area contributed by atoms with Crippen LogP contribution in [0.1, 0.15) is 5.56 Å².